The van der Waals surface area contributed by atoms with Gasteiger partial charge in [-0.1, -0.05) is 28.1 Å². The van der Waals surface area contributed by atoms with E-state index in [2.05, 4.69) is 15.9 Å². The Labute approximate surface area is 135 Å². The molecule has 0 aliphatic carbocycles. The molecule has 0 radical (unpaired) electrons. The van der Waals surface area contributed by atoms with Crippen LogP contribution in [0.2, 0.25) is 0 Å². The summed E-state index contributed by atoms with van der Waals surface area (Å²) >= 11 is 4.63. The molecule has 0 amide bonds. The van der Waals surface area contributed by atoms with Crippen molar-refractivity contribution < 1.29 is 10.0 Å². The summed E-state index contributed by atoms with van der Waals surface area (Å²) in [7, 11) is 1.81. The van der Waals surface area contributed by atoms with Crippen LogP contribution in [0.15, 0.2) is 34.8 Å². The van der Waals surface area contributed by atoms with Gasteiger partial charge in [0.15, 0.2) is 5.00 Å². The Morgan fingerprint density at radius 2 is 2.05 bits per heavy atom. The van der Waals surface area contributed by atoms with Crippen LogP contribution in [0.5, 0.6) is 0 Å². The van der Waals surface area contributed by atoms with Crippen molar-refractivity contribution in [1.29, 1.82) is 0 Å². The number of hydrogen-bond donors (Lipinski definition) is 1. The zero-order valence-electron chi connectivity index (χ0n) is 11.6. The highest BCUT2D eigenvalue weighted by Gasteiger charge is 2.23. The largest absolute Gasteiger partial charge is 0.388 e. The predicted molar refractivity (Wildman–Crippen MR) is 87.9 cm³/mol. The van der Waals surface area contributed by atoms with Gasteiger partial charge in [0.05, 0.1) is 11.0 Å². The van der Waals surface area contributed by atoms with E-state index in [0.717, 1.165) is 10.0 Å². The molecule has 7 heteroatoms. The van der Waals surface area contributed by atoms with E-state index >= 15 is 0 Å². The maximum atomic E-state index is 11.2. The predicted octanol–water partition coefficient (Wildman–Crippen LogP) is 4.11. The standard InChI is InChI=1S/C14H15BrN2O3S/c1-9(18)13-7-12(17(19)20)14(21-13)16(2)8-10-3-5-11(15)6-4-10/h3-7,9,18H,8H2,1-2H3/t9-/m0/s1. The number of nitro groups is 1. The Bertz CT molecular complexity index is 640. The van der Waals surface area contributed by atoms with Crippen LogP contribution in [0.3, 0.4) is 0 Å². The number of halogens is 1. The molecule has 0 aliphatic heterocycles. The molecule has 1 aromatic carbocycles. The van der Waals surface area contributed by atoms with Gasteiger partial charge in [0, 0.05) is 29.0 Å². The van der Waals surface area contributed by atoms with Gasteiger partial charge >= 0.3 is 5.69 Å². The molecule has 0 saturated carbocycles. The Kier molecular flexibility index (Phi) is 4.97. The van der Waals surface area contributed by atoms with Gasteiger partial charge in [0.1, 0.15) is 0 Å². The second kappa shape index (κ2) is 6.55. The summed E-state index contributed by atoms with van der Waals surface area (Å²) in [4.78, 5) is 13.2. The molecule has 0 spiro atoms. The summed E-state index contributed by atoms with van der Waals surface area (Å²) in [5.74, 6) is 0. The summed E-state index contributed by atoms with van der Waals surface area (Å²) in [5.41, 5.74) is 1.09. The van der Waals surface area contributed by atoms with Crippen LogP contribution in [0.25, 0.3) is 0 Å². The quantitative estimate of drug-likeness (QED) is 0.635. The van der Waals surface area contributed by atoms with Crippen molar-refractivity contribution >= 4 is 38.0 Å². The van der Waals surface area contributed by atoms with E-state index in [1.165, 1.54) is 17.4 Å². The fourth-order valence-corrected chi connectivity index (χ4v) is 3.22. The van der Waals surface area contributed by atoms with Crippen molar-refractivity contribution in [2.45, 2.75) is 19.6 Å². The minimum absolute atomic E-state index is 0.0375. The molecule has 0 unspecified atom stereocenters. The van der Waals surface area contributed by atoms with E-state index < -0.39 is 11.0 Å². The Balaban J connectivity index is 2.27. The van der Waals surface area contributed by atoms with E-state index in [1.807, 2.05) is 36.2 Å². The number of nitrogens with zero attached hydrogens (tertiary/aromatic N) is 2. The van der Waals surface area contributed by atoms with Crippen molar-refractivity contribution in [2.75, 3.05) is 11.9 Å². The van der Waals surface area contributed by atoms with E-state index in [1.54, 1.807) is 6.92 Å². The average molecular weight is 371 g/mol. The minimum Gasteiger partial charge on any atom is -0.388 e. The Hall–Kier alpha value is -1.44. The molecule has 2 aromatic rings. The van der Waals surface area contributed by atoms with Crippen molar-refractivity contribution in [2.24, 2.45) is 0 Å². The number of benzene rings is 1. The molecule has 1 N–H and O–H groups in total. The topological polar surface area (TPSA) is 66.6 Å². The molecule has 112 valence electrons. The zero-order chi connectivity index (χ0) is 15.6. The fourth-order valence-electron chi connectivity index (χ4n) is 1.94. The van der Waals surface area contributed by atoms with E-state index in [4.69, 9.17) is 0 Å². The van der Waals surface area contributed by atoms with Gasteiger partial charge < -0.3 is 10.0 Å². The first-order valence-electron chi connectivity index (χ1n) is 6.30. The van der Waals surface area contributed by atoms with Gasteiger partial charge in [-0.3, -0.25) is 10.1 Å². The normalized spacial score (nSPS) is 12.2. The van der Waals surface area contributed by atoms with Crippen molar-refractivity contribution in [3.8, 4) is 0 Å². The Morgan fingerprint density at radius 1 is 1.43 bits per heavy atom. The third-order valence-corrected chi connectivity index (χ3v) is 4.94. The monoisotopic (exact) mass is 370 g/mol. The molecule has 5 nitrogen and oxygen atoms in total. The van der Waals surface area contributed by atoms with Crippen LogP contribution in [-0.2, 0) is 6.54 Å². The molecule has 0 bridgehead atoms. The molecule has 1 aromatic heterocycles. The smallest absolute Gasteiger partial charge is 0.304 e. The lowest BCUT2D eigenvalue weighted by Crippen LogP contribution is -2.16. The highest BCUT2D eigenvalue weighted by molar-refractivity contribution is 9.10. The summed E-state index contributed by atoms with van der Waals surface area (Å²) < 4.78 is 0.993. The molecule has 0 fully saturated rings. The van der Waals surface area contributed by atoms with Gasteiger partial charge in [-0.15, -0.1) is 11.3 Å². The lowest BCUT2D eigenvalue weighted by atomic mass is 10.2. The third kappa shape index (κ3) is 3.81. The van der Waals surface area contributed by atoms with Crippen LogP contribution < -0.4 is 4.90 Å². The maximum Gasteiger partial charge on any atom is 0.304 e. The van der Waals surface area contributed by atoms with Crippen LogP contribution in [-0.4, -0.2) is 17.1 Å². The lowest BCUT2D eigenvalue weighted by molar-refractivity contribution is -0.383. The fraction of sp³-hybridized carbons (Fsp3) is 0.286. The molecule has 2 rings (SSSR count). The molecule has 21 heavy (non-hydrogen) atoms. The molecule has 1 heterocycles. The highest BCUT2D eigenvalue weighted by atomic mass is 79.9. The van der Waals surface area contributed by atoms with Crippen LogP contribution in [0, 0.1) is 10.1 Å². The summed E-state index contributed by atoms with van der Waals surface area (Å²) in [6, 6.07) is 9.26. The lowest BCUT2D eigenvalue weighted by Gasteiger charge is -2.16. The van der Waals surface area contributed by atoms with Gasteiger partial charge in [-0.05, 0) is 24.6 Å². The molecular weight excluding hydrogens is 356 g/mol. The SMILES string of the molecule is C[C@H](O)c1cc([N+](=O)[O-])c(N(C)Cc2ccc(Br)cc2)s1. The van der Waals surface area contributed by atoms with Gasteiger partial charge in [-0.2, -0.15) is 0 Å². The van der Waals surface area contributed by atoms with E-state index in [-0.39, 0.29) is 5.69 Å². The van der Waals surface area contributed by atoms with Gasteiger partial charge in [-0.25, -0.2) is 0 Å². The first-order chi connectivity index (χ1) is 9.88. The van der Waals surface area contributed by atoms with Crippen molar-refractivity contribution in [1.82, 2.24) is 0 Å². The summed E-state index contributed by atoms with van der Waals surface area (Å²) in [5, 5.41) is 21.3. The van der Waals surface area contributed by atoms with E-state index in [9.17, 15) is 15.2 Å². The number of hydrogen-bond acceptors (Lipinski definition) is 5. The van der Waals surface area contributed by atoms with Crippen LogP contribution in [0.1, 0.15) is 23.5 Å². The zero-order valence-corrected chi connectivity index (χ0v) is 14.0. The van der Waals surface area contributed by atoms with E-state index in [0.29, 0.717) is 16.4 Å². The Morgan fingerprint density at radius 3 is 2.57 bits per heavy atom. The van der Waals surface area contributed by atoms with Crippen molar-refractivity contribution in [3.05, 3.63) is 55.4 Å². The summed E-state index contributed by atoms with van der Waals surface area (Å²) in [6.45, 7) is 2.17. The first-order valence-corrected chi connectivity index (χ1v) is 7.91. The number of aliphatic hydroxyl groups excluding tert-OH is 1. The molecular formula is C14H15BrN2O3S. The average Bonchev–Trinajstić information content (AvgIpc) is 2.87. The van der Waals surface area contributed by atoms with Crippen LogP contribution >= 0.6 is 27.3 Å². The highest BCUT2D eigenvalue weighted by Crippen LogP contribution is 2.40. The molecule has 0 saturated heterocycles. The van der Waals surface area contributed by atoms with Gasteiger partial charge in [0.2, 0.25) is 0 Å². The number of rotatable bonds is 5. The molecule has 1 atom stereocenters. The van der Waals surface area contributed by atoms with Crippen molar-refractivity contribution in [3.63, 3.8) is 0 Å². The van der Waals surface area contributed by atoms with Gasteiger partial charge in [0.25, 0.3) is 0 Å². The maximum absolute atomic E-state index is 11.2. The third-order valence-electron chi connectivity index (χ3n) is 3.00. The number of aliphatic hydroxyl groups is 1. The minimum atomic E-state index is -0.705. The van der Waals surface area contributed by atoms with Crippen LogP contribution in [0.4, 0.5) is 10.7 Å². The second-order valence-electron chi connectivity index (χ2n) is 4.75. The second-order valence-corrected chi connectivity index (χ2v) is 6.73. The summed E-state index contributed by atoms with van der Waals surface area (Å²) in [6.07, 6.45) is -0.705. The number of thiophene rings is 1. The molecule has 0 aliphatic rings. The first kappa shape index (κ1) is 15.9. The number of anilines is 1.